The molecule has 0 atom stereocenters. The number of rotatable bonds is 3. The van der Waals surface area contributed by atoms with E-state index in [0.717, 1.165) is 6.26 Å². The second-order valence-electron chi connectivity index (χ2n) is 6.53. The molecule has 0 radical (unpaired) electrons. The molecular weight excluding hydrogens is 354 g/mol. The van der Waals surface area contributed by atoms with Crippen molar-refractivity contribution in [2.24, 2.45) is 0 Å². The molecule has 2 aliphatic rings. The van der Waals surface area contributed by atoms with E-state index in [1.54, 1.807) is 4.90 Å². The quantitative estimate of drug-likeness (QED) is 0.758. The van der Waals surface area contributed by atoms with Gasteiger partial charge in [-0.05, 0) is 19.8 Å². The predicted molar refractivity (Wildman–Crippen MR) is 86.3 cm³/mol. The zero-order valence-electron chi connectivity index (χ0n) is 14.1. The van der Waals surface area contributed by atoms with Crippen LogP contribution in [0.2, 0.25) is 0 Å². The maximum Gasteiger partial charge on any atom is 0.326 e. The fourth-order valence-corrected chi connectivity index (χ4v) is 3.75. The molecule has 138 valence electrons. The molecule has 2 heterocycles. The van der Waals surface area contributed by atoms with Gasteiger partial charge in [-0.2, -0.15) is 0 Å². The second kappa shape index (κ2) is 6.15. The smallest absolute Gasteiger partial charge is 0.320 e. The number of halogens is 2. The number of aromatic nitrogens is 2. The summed E-state index contributed by atoms with van der Waals surface area (Å²) in [5.74, 6) is -2.49. The molecule has 0 aromatic carbocycles. The number of hydrogen-bond acceptors (Lipinski definition) is 5. The topological polar surface area (TPSA) is 83.5 Å². The highest BCUT2D eigenvalue weighted by Crippen LogP contribution is 2.38. The van der Waals surface area contributed by atoms with E-state index in [1.807, 2.05) is 6.92 Å². The van der Waals surface area contributed by atoms with Gasteiger partial charge in [-0.15, -0.1) is 0 Å². The van der Waals surface area contributed by atoms with E-state index in [9.17, 15) is 22.0 Å². The Kier molecular flexibility index (Phi) is 4.42. The molecule has 0 bridgehead atoms. The van der Waals surface area contributed by atoms with Gasteiger partial charge in [0.25, 0.3) is 0 Å². The van der Waals surface area contributed by atoms with E-state index in [0.29, 0.717) is 12.1 Å². The number of anilines is 1. The molecule has 1 aromatic heterocycles. The SMILES string of the molecule is CCN1Cc2cnc(S(C)(=O)=O)nc2N(C2CCC(F)(F)CC2)C1=O. The van der Waals surface area contributed by atoms with Crippen molar-refractivity contribution in [1.29, 1.82) is 0 Å². The maximum atomic E-state index is 13.5. The van der Waals surface area contributed by atoms with Gasteiger partial charge in [0, 0.05) is 43.4 Å². The van der Waals surface area contributed by atoms with Gasteiger partial charge in [0.2, 0.25) is 20.9 Å². The third-order valence-corrected chi connectivity index (χ3v) is 5.51. The number of carbonyl (C=O) groups is 1. The van der Waals surface area contributed by atoms with Gasteiger partial charge in [0.1, 0.15) is 5.82 Å². The van der Waals surface area contributed by atoms with Crippen LogP contribution in [-0.4, -0.2) is 54.1 Å². The van der Waals surface area contributed by atoms with Crippen molar-refractivity contribution in [1.82, 2.24) is 14.9 Å². The Morgan fingerprint density at radius 1 is 1.32 bits per heavy atom. The number of urea groups is 1. The first-order chi connectivity index (χ1) is 11.6. The van der Waals surface area contributed by atoms with Crippen molar-refractivity contribution in [3.8, 4) is 0 Å². The normalized spacial score (nSPS) is 21.4. The van der Waals surface area contributed by atoms with Crippen LogP contribution in [-0.2, 0) is 16.4 Å². The fourth-order valence-electron chi connectivity index (χ4n) is 3.26. The summed E-state index contributed by atoms with van der Waals surface area (Å²) in [4.78, 5) is 23.7. The molecule has 2 amide bonds. The first-order valence-electron chi connectivity index (χ1n) is 8.14. The van der Waals surface area contributed by atoms with Crippen molar-refractivity contribution in [2.45, 2.75) is 56.3 Å². The Balaban J connectivity index is 2.03. The number of carbonyl (C=O) groups excluding carboxylic acids is 1. The van der Waals surface area contributed by atoms with Gasteiger partial charge in [-0.1, -0.05) is 0 Å². The molecule has 0 spiro atoms. The lowest BCUT2D eigenvalue weighted by Crippen LogP contribution is -2.53. The Labute approximate surface area is 145 Å². The van der Waals surface area contributed by atoms with Gasteiger partial charge in [-0.3, -0.25) is 4.90 Å². The molecule has 0 unspecified atom stereocenters. The Morgan fingerprint density at radius 3 is 2.52 bits per heavy atom. The van der Waals surface area contributed by atoms with Crippen LogP contribution in [0.1, 0.15) is 38.2 Å². The highest BCUT2D eigenvalue weighted by Gasteiger charge is 2.42. The number of hydrogen-bond donors (Lipinski definition) is 0. The average molecular weight is 374 g/mol. The molecule has 3 rings (SSSR count). The molecule has 1 saturated carbocycles. The minimum atomic E-state index is -3.64. The Hall–Kier alpha value is -1.84. The minimum absolute atomic E-state index is 0.147. The van der Waals surface area contributed by atoms with Crippen molar-refractivity contribution in [2.75, 3.05) is 17.7 Å². The van der Waals surface area contributed by atoms with Crippen LogP contribution in [0.4, 0.5) is 19.4 Å². The van der Waals surface area contributed by atoms with Crippen LogP contribution in [0, 0.1) is 0 Å². The van der Waals surface area contributed by atoms with Crippen LogP contribution in [0.5, 0.6) is 0 Å². The highest BCUT2D eigenvalue weighted by molar-refractivity contribution is 7.90. The summed E-state index contributed by atoms with van der Waals surface area (Å²) in [5.41, 5.74) is 0.617. The van der Waals surface area contributed by atoms with E-state index < -0.39 is 21.8 Å². The molecule has 1 aromatic rings. The lowest BCUT2D eigenvalue weighted by molar-refractivity contribution is -0.0379. The molecule has 1 fully saturated rings. The summed E-state index contributed by atoms with van der Waals surface area (Å²) < 4.78 is 50.5. The lowest BCUT2D eigenvalue weighted by atomic mass is 9.90. The number of sulfone groups is 1. The fraction of sp³-hybridized carbons (Fsp3) is 0.667. The number of fused-ring (bicyclic) bond motifs is 1. The molecule has 7 nitrogen and oxygen atoms in total. The van der Waals surface area contributed by atoms with E-state index in [4.69, 9.17) is 0 Å². The Morgan fingerprint density at radius 2 is 1.96 bits per heavy atom. The standard InChI is InChI=1S/C15H20F2N4O3S/c1-3-20-9-10-8-18-13(25(2,23)24)19-12(10)21(14(20)22)11-4-6-15(16,17)7-5-11/h8,11H,3-7,9H2,1-2H3. The maximum absolute atomic E-state index is 13.5. The average Bonchev–Trinajstić information content (AvgIpc) is 2.53. The summed E-state index contributed by atoms with van der Waals surface area (Å²) in [7, 11) is -3.64. The van der Waals surface area contributed by atoms with Gasteiger partial charge in [0.15, 0.2) is 0 Å². The van der Waals surface area contributed by atoms with E-state index in [1.165, 1.54) is 11.1 Å². The lowest BCUT2D eigenvalue weighted by Gasteiger charge is -2.42. The second-order valence-corrected chi connectivity index (χ2v) is 8.44. The number of alkyl halides is 2. The molecule has 10 heteroatoms. The zero-order valence-corrected chi connectivity index (χ0v) is 14.9. The molecule has 0 N–H and O–H groups in total. The molecule has 1 aliphatic heterocycles. The number of nitrogens with zero attached hydrogens (tertiary/aromatic N) is 4. The Bertz CT molecular complexity index is 790. The first kappa shape index (κ1) is 18.0. The molecule has 25 heavy (non-hydrogen) atoms. The van der Waals surface area contributed by atoms with Crippen LogP contribution < -0.4 is 4.90 Å². The van der Waals surface area contributed by atoms with Gasteiger partial charge in [-0.25, -0.2) is 32.0 Å². The van der Waals surface area contributed by atoms with E-state index in [-0.39, 0.29) is 49.2 Å². The van der Waals surface area contributed by atoms with E-state index >= 15 is 0 Å². The van der Waals surface area contributed by atoms with Gasteiger partial charge >= 0.3 is 6.03 Å². The summed E-state index contributed by atoms with van der Waals surface area (Å²) >= 11 is 0. The third kappa shape index (κ3) is 3.44. The van der Waals surface area contributed by atoms with Gasteiger partial charge in [0.05, 0.1) is 6.54 Å². The summed E-state index contributed by atoms with van der Waals surface area (Å²) in [6.45, 7) is 2.54. The van der Waals surface area contributed by atoms with Gasteiger partial charge < -0.3 is 4.90 Å². The van der Waals surface area contributed by atoms with Crippen LogP contribution in [0.25, 0.3) is 0 Å². The predicted octanol–water partition coefficient (Wildman–Crippen LogP) is 2.22. The van der Waals surface area contributed by atoms with Crippen LogP contribution in [0.3, 0.4) is 0 Å². The number of amides is 2. The van der Waals surface area contributed by atoms with Crippen LogP contribution >= 0.6 is 0 Å². The van der Waals surface area contributed by atoms with Crippen molar-refractivity contribution < 1.29 is 22.0 Å². The minimum Gasteiger partial charge on any atom is -0.320 e. The molecular formula is C15H20F2N4O3S. The monoisotopic (exact) mass is 374 g/mol. The largest absolute Gasteiger partial charge is 0.326 e. The summed E-state index contributed by atoms with van der Waals surface area (Å²) in [6.07, 6.45) is 2.09. The summed E-state index contributed by atoms with van der Waals surface area (Å²) in [6, 6.07) is -0.758. The summed E-state index contributed by atoms with van der Waals surface area (Å²) in [5, 5.41) is -0.366. The van der Waals surface area contributed by atoms with Crippen molar-refractivity contribution in [3.63, 3.8) is 0 Å². The third-order valence-electron chi connectivity index (χ3n) is 4.65. The van der Waals surface area contributed by atoms with Crippen LogP contribution in [0.15, 0.2) is 11.4 Å². The highest BCUT2D eigenvalue weighted by atomic mass is 32.2. The zero-order chi connectivity index (χ0) is 18.4. The molecule has 1 aliphatic carbocycles. The first-order valence-corrected chi connectivity index (χ1v) is 10.0. The van der Waals surface area contributed by atoms with Crippen molar-refractivity contribution in [3.05, 3.63) is 11.8 Å². The van der Waals surface area contributed by atoms with E-state index in [2.05, 4.69) is 9.97 Å². The van der Waals surface area contributed by atoms with Crippen molar-refractivity contribution >= 4 is 21.7 Å². The molecule has 0 saturated heterocycles.